The molecule has 2 N–H and O–H groups in total. The first-order valence-corrected chi connectivity index (χ1v) is 12.4. The Labute approximate surface area is 198 Å². The minimum absolute atomic E-state index is 0.0505. The molecule has 3 aromatic rings. The van der Waals surface area contributed by atoms with Gasteiger partial charge in [-0.25, -0.2) is 8.42 Å². The van der Waals surface area contributed by atoms with E-state index in [9.17, 15) is 18.0 Å². The van der Waals surface area contributed by atoms with Gasteiger partial charge in [-0.05, 0) is 29.3 Å². The number of sulfonamides is 1. The number of carbonyl (C=O) groups is 2. The molecule has 3 rings (SSSR count). The van der Waals surface area contributed by atoms with Crippen molar-refractivity contribution < 1.29 is 18.0 Å². The largest absolute Gasteiger partial charge is 0.348 e. The maximum absolute atomic E-state index is 12.7. The number of nitrogens with zero attached hydrogens (tertiary/aromatic N) is 1. The highest BCUT2D eigenvalue weighted by Crippen LogP contribution is 2.19. The van der Waals surface area contributed by atoms with E-state index in [0.29, 0.717) is 22.8 Å². The van der Waals surface area contributed by atoms with Crippen molar-refractivity contribution in [2.24, 2.45) is 0 Å². The summed E-state index contributed by atoms with van der Waals surface area (Å²) in [4.78, 5) is 25.4. The van der Waals surface area contributed by atoms with Crippen LogP contribution in [-0.2, 0) is 27.9 Å². The molecule has 0 aliphatic heterocycles. The maximum Gasteiger partial charge on any atom is 0.253 e. The topological polar surface area (TPSA) is 95.6 Å². The van der Waals surface area contributed by atoms with Crippen LogP contribution in [0.4, 0.5) is 5.69 Å². The average molecular weight is 486 g/mol. The van der Waals surface area contributed by atoms with Gasteiger partial charge in [0.1, 0.15) is 0 Å². The summed E-state index contributed by atoms with van der Waals surface area (Å²) >= 11 is 6.15. The van der Waals surface area contributed by atoms with Gasteiger partial charge < -0.3 is 10.6 Å². The summed E-state index contributed by atoms with van der Waals surface area (Å²) in [6.45, 7) is -0.142. The van der Waals surface area contributed by atoms with E-state index in [2.05, 4.69) is 10.6 Å². The summed E-state index contributed by atoms with van der Waals surface area (Å²) in [5, 5.41) is 5.88. The summed E-state index contributed by atoms with van der Waals surface area (Å²) in [6.07, 6.45) is 1.03. The first kappa shape index (κ1) is 24.4. The third kappa shape index (κ3) is 7.15. The molecule has 0 heterocycles. The Hall–Kier alpha value is -3.20. The van der Waals surface area contributed by atoms with Crippen molar-refractivity contribution in [1.29, 1.82) is 0 Å². The number of para-hydroxylation sites is 1. The van der Waals surface area contributed by atoms with Gasteiger partial charge in [-0.2, -0.15) is 4.31 Å². The first-order chi connectivity index (χ1) is 15.7. The Balaban J connectivity index is 1.70. The van der Waals surface area contributed by atoms with Crippen LogP contribution >= 0.6 is 11.6 Å². The number of benzene rings is 3. The fourth-order valence-corrected chi connectivity index (χ4v) is 4.04. The summed E-state index contributed by atoms with van der Waals surface area (Å²) in [7, 11) is -3.70. The van der Waals surface area contributed by atoms with Gasteiger partial charge in [0, 0.05) is 18.1 Å². The van der Waals surface area contributed by atoms with Crippen LogP contribution in [0.3, 0.4) is 0 Å². The van der Waals surface area contributed by atoms with E-state index in [4.69, 9.17) is 11.6 Å². The fourth-order valence-electron chi connectivity index (χ4n) is 3.12. The van der Waals surface area contributed by atoms with Crippen molar-refractivity contribution in [2.45, 2.75) is 13.1 Å². The maximum atomic E-state index is 12.7. The van der Waals surface area contributed by atoms with Gasteiger partial charge in [-0.1, -0.05) is 72.3 Å². The number of hydrogen-bond acceptors (Lipinski definition) is 4. The molecule has 0 saturated carbocycles. The van der Waals surface area contributed by atoms with Crippen LogP contribution in [0.15, 0.2) is 78.9 Å². The van der Waals surface area contributed by atoms with E-state index in [-0.39, 0.29) is 18.0 Å². The number of rotatable bonds is 9. The van der Waals surface area contributed by atoms with Crippen LogP contribution in [0.5, 0.6) is 0 Å². The normalized spacial score (nSPS) is 11.2. The molecule has 33 heavy (non-hydrogen) atoms. The van der Waals surface area contributed by atoms with Crippen molar-refractivity contribution in [2.75, 3.05) is 18.1 Å². The Bertz CT molecular complexity index is 1230. The molecule has 2 amide bonds. The van der Waals surface area contributed by atoms with Gasteiger partial charge in [0.2, 0.25) is 15.9 Å². The minimum atomic E-state index is -3.70. The molecule has 0 atom stereocenters. The Morgan fingerprint density at radius 1 is 0.909 bits per heavy atom. The standard InChI is InChI=1S/C24H24ClN3O4S/c1-33(31,32)28(16-19-11-5-7-13-21(19)25)17-23(29)27-22-14-8-6-12-20(22)24(30)26-15-18-9-3-2-4-10-18/h2-14H,15-17H2,1H3,(H,26,30)(H,27,29). The van der Waals surface area contributed by atoms with Crippen LogP contribution in [0.2, 0.25) is 5.02 Å². The van der Waals surface area contributed by atoms with Crippen LogP contribution in [0.25, 0.3) is 0 Å². The van der Waals surface area contributed by atoms with Gasteiger partial charge in [-0.3, -0.25) is 9.59 Å². The zero-order valence-electron chi connectivity index (χ0n) is 18.0. The highest BCUT2D eigenvalue weighted by molar-refractivity contribution is 7.88. The molecule has 0 saturated heterocycles. The van der Waals surface area contributed by atoms with E-state index in [1.807, 2.05) is 30.3 Å². The van der Waals surface area contributed by atoms with Crippen LogP contribution in [-0.4, -0.2) is 37.3 Å². The molecule has 0 spiro atoms. The number of halogens is 1. The molecule has 0 bridgehead atoms. The number of carbonyl (C=O) groups excluding carboxylic acids is 2. The third-order valence-electron chi connectivity index (χ3n) is 4.84. The minimum Gasteiger partial charge on any atom is -0.348 e. The summed E-state index contributed by atoms with van der Waals surface area (Å²) in [5.74, 6) is -0.929. The second-order valence-corrected chi connectivity index (χ2v) is 9.77. The lowest BCUT2D eigenvalue weighted by molar-refractivity contribution is -0.116. The quantitative estimate of drug-likeness (QED) is 0.483. The van der Waals surface area contributed by atoms with Crippen LogP contribution in [0.1, 0.15) is 21.5 Å². The number of nitrogens with one attached hydrogen (secondary N) is 2. The van der Waals surface area contributed by atoms with E-state index < -0.39 is 22.5 Å². The molecule has 3 aromatic carbocycles. The Morgan fingerprint density at radius 2 is 1.55 bits per heavy atom. The lowest BCUT2D eigenvalue weighted by Crippen LogP contribution is -2.37. The lowest BCUT2D eigenvalue weighted by atomic mass is 10.1. The predicted octanol–water partition coefficient (Wildman–Crippen LogP) is 3.67. The molecule has 172 valence electrons. The molecule has 0 radical (unpaired) electrons. The van der Waals surface area contributed by atoms with Crippen molar-refractivity contribution in [3.05, 3.63) is 101 Å². The summed E-state index contributed by atoms with van der Waals surface area (Å²) in [5.41, 5.74) is 2.09. The number of anilines is 1. The summed E-state index contributed by atoms with van der Waals surface area (Å²) < 4.78 is 25.6. The van der Waals surface area contributed by atoms with Crippen molar-refractivity contribution >= 4 is 39.1 Å². The monoisotopic (exact) mass is 485 g/mol. The molecule has 0 aromatic heterocycles. The number of amides is 2. The highest BCUT2D eigenvalue weighted by atomic mass is 35.5. The molecule has 0 aliphatic carbocycles. The predicted molar refractivity (Wildman–Crippen MR) is 129 cm³/mol. The molecular weight excluding hydrogens is 462 g/mol. The number of hydrogen-bond donors (Lipinski definition) is 2. The summed E-state index contributed by atoms with van der Waals surface area (Å²) in [6, 6.07) is 22.8. The third-order valence-corrected chi connectivity index (χ3v) is 6.40. The van der Waals surface area contributed by atoms with E-state index in [1.165, 1.54) is 0 Å². The van der Waals surface area contributed by atoms with Gasteiger partial charge in [-0.15, -0.1) is 0 Å². The average Bonchev–Trinajstić information content (AvgIpc) is 2.79. The molecule has 7 nitrogen and oxygen atoms in total. The second kappa shape index (κ2) is 11.1. The van der Waals surface area contributed by atoms with Crippen molar-refractivity contribution in [3.63, 3.8) is 0 Å². The van der Waals surface area contributed by atoms with Crippen LogP contribution in [0, 0.1) is 0 Å². The molecule has 0 fully saturated rings. The Kier molecular flexibility index (Phi) is 8.21. The molecule has 0 aliphatic rings. The fraction of sp³-hybridized carbons (Fsp3) is 0.167. The van der Waals surface area contributed by atoms with Gasteiger partial charge in [0.25, 0.3) is 5.91 Å². The Morgan fingerprint density at radius 3 is 2.24 bits per heavy atom. The zero-order valence-corrected chi connectivity index (χ0v) is 19.6. The first-order valence-electron chi connectivity index (χ1n) is 10.1. The smallest absolute Gasteiger partial charge is 0.253 e. The van der Waals surface area contributed by atoms with Gasteiger partial charge in [0.05, 0.1) is 24.1 Å². The van der Waals surface area contributed by atoms with Gasteiger partial charge in [0.15, 0.2) is 0 Å². The second-order valence-electron chi connectivity index (χ2n) is 7.38. The van der Waals surface area contributed by atoms with E-state index >= 15 is 0 Å². The molecular formula is C24H24ClN3O4S. The zero-order chi connectivity index (χ0) is 23.8. The highest BCUT2D eigenvalue weighted by Gasteiger charge is 2.22. The van der Waals surface area contributed by atoms with Gasteiger partial charge >= 0.3 is 0 Å². The van der Waals surface area contributed by atoms with Crippen LogP contribution < -0.4 is 10.6 Å². The van der Waals surface area contributed by atoms with Crippen molar-refractivity contribution in [1.82, 2.24) is 9.62 Å². The van der Waals surface area contributed by atoms with E-state index in [0.717, 1.165) is 16.1 Å². The van der Waals surface area contributed by atoms with E-state index in [1.54, 1.807) is 48.5 Å². The van der Waals surface area contributed by atoms with Crippen molar-refractivity contribution in [3.8, 4) is 0 Å². The molecule has 0 unspecified atom stereocenters. The molecule has 9 heteroatoms. The lowest BCUT2D eigenvalue weighted by Gasteiger charge is -2.20. The SMILES string of the molecule is CS(=O)(=O)N(CC(=O)Nc1ccccc1C(=O)NCc1ccccc1)Cc1ccccc1Cl.